The van der Waals surface area contributed by atoms with Gasteiger partial charge in [-0.25, -0.2) is 0 Å². The van der Waals surface area contributed by atoms with E-state index in [-0.39, 0.29) is 37.2 Å². The minimum atomic E-state index is -1.88. The Labute approximate surface area is 243 Å². The van der Waals surface area contributed by atoms with Gasteiger partial charge in [-0.15, -0.1) is 0 Å². The average molecular weight is 589 g/mol. The zero-order chi connectivity index (χ0) is 30.5. The van der Waals surface area contributed by atoms with Crippen LogP contribution in [-0.4, -0.2) is 112 Å². The molecule has 0 aromatic carbocycles. The van der Waals surface area contributed by atoms with E-state index in [1.807, 2.05) is 33.8 Å². The zero-order valence-electron chi connectivity index (χ0n) is 25.0. The molecule has 0 bridgehead atoms. The number of nitrogens with one attached hydrogen (secondary N) is 1. The van der Waals surface area contributed by atoms with Crippen LogP contribution in [-0.2, 0) is 23.7 Å². The van der Waals surface area contributed by atoms with E-state index >= 15 is 0 Å². The molecule has 0 aliphatic carbocycles. The maximum Gasteiger partial charge on any atom is 0.228 e. The monoisotopic (exact) mass is 588 g/mol. The van der Waals surface area contributed by atoms with Crippen LogP contribution in [0.4, 0.5) is 0 Å². The topological polar surface area (TPSA) is 193 Å². The Bertz CT molecular complexity index is 853. The van der Waals surface area contributed by atoms with Crippen molar-refractivity contribution in [3.05, 3.63) is 12.2 Å². The van der Waals surface area contributed by atoms with Crippen molar-refractivity contribution in [2.24, 2.45) is 23.5 Å². The number of hydrogen-bond acceptors (Lipinski definition) is 11. The minimum Gasteiger partial charge on any atom is -0.393 e. The molecule has 12 atom stereocenters. The fraction of sp³-hybridized carbons (Fsp3) is 0.897. The van der Waals surface area contributed by atoms with E-state index in [9.17, 15) is 30.3 Å². The van der Waals surface area contributed by atoms with Crippen molar-refractivity contribution in [3.63, 3.8) is 0 Å². The number of aliphatic hydroxyl groups excluding tert-OH is 4. The van der Waals surface area contributed by atoms with Crippen molar-refractivity contribution in [1.82, 2.24) is 5.32 Å². The van der Waals surface area contributed by atoms with Crippen LogP contribution in [0, 0.1) is 17.8 Å². The number of nitrogens with two attached hydrogens (primary N) is 1. The molecule has 3 saturated heterocycles. The van der Waals surface area contributed by atoms with Crippen molar-refractivity contribution in [1.29, 1.82) is 0 Å². The van der Waals surface area contributed by atoms with Crippen LogP contribution < -0.4 is 11.1 Å². The van der Waals surface area contributed by atoms with E-state index < -0.39 is 72.7 Å². The number of carbonyl (C=O) groups is 1. The second kappa shape index (κ2) is 15.0. The van der Waals surface area contributed by atoms with E-state index in [4.69, 9.17) is 24.7 Å². The number of aliphatic hydroxyl groups is 5. The molecule has 12 nitrogen and oxygen atoms in total. The summed E-state index contributed by atoms with van der Waals surface area (Å²) in [4.78, 5) is 13.4. The third kappa shape index (κ3) is 9.40. The van der Waals surface area contributed by atoms with Crippen molar-refractivity contribution >= 4 is 5.91 Å². The Morgan fingerprint density at radius 2 is 1.88 bits per heavy atom. The Kier molecular flexibility index (Phi) is 12.6. The summed E-state index contributed by atoms with van der Waals surface area (Å²) in [5, 5.41) is 56.8. The number of allylic oxidation sites excluding steroid dienone is 1. The van der Waals surface area contributed by atoms with E-state index in [1.54, 1.807) is 13.0 Å². The van der Waals surface area contributed by atoms with Crippen molar-refractivity contribution in [3.8, 4) is 0 Å². The summed E-state index contributed by atoms with van der Waals surface area (Å²) in [5.41, 5.74) is 6.00. The second-order valence-electron chi connectivity index (χ2n) is 12.6. The quantitative estimate of drug-likeness (QED) is 0.151. The molecule has 3 aliphatic heterocycles. The molecular formula is C29H52N2O10. The van der Waals surface area contributed by atoms with Gasteiger partial charge in [0.2, 0.25) is 5.91 Å². The van der Waals surface area contributed by atoms with Gasteiger partial charge in [0, 0.05) is 32.4 Å². The van der Waals surface area contributed by atoms with Gasteiger partial charge in [0.25, 0.3) is 0 Å². The lowest BCUT2D eigenvalue weighted by molar-refractivity contribution is -0.307. The lowest BCUT2D eigenvalue weighted by Crippen LogP contribution is -2.62. The number of amides is 1. The molecule has 0 saturated carbocycles. The molecule has 3 heterocycles. The molecule has 3 rings (SSSR count). The van der Waals surface area contributed by atoms with Crippen LogP contribution in [0.3, 0.4) is 0 Å². The lowest BCUT2D eigenvalue weighted by atomic mass is 9.81. The van der Waals surface area contributed by atoms with Crippen LogP contribution >= 0.6 is 0 Å². The summed E-state index contributed by atoms with van der Waals surface area (Å²) >= 11 is 0. The first kappa shape index (κ1) is 34.3. The van der Waals surface area contributed by atoms with E-state index in [2.05, 4.69) is 5.32 Å². The normalized spacial score (nSPS) is 39.9. The molecule has 8 N–H and O–H groups in total. The van der Waals surface area contributed by atoms with Gasteiger partial charge in [-0.3, -0.25) is 4.79 Å². The molecule has 238 valence electrons. The highest BCUT2D eigenvalue weighted by Gasteiger charge is 2.50. The predicted octanol–water partition coefficient (Wildman–Crippen LogP) is -0.0754. The summed E-state index contributed by atoms with van der Waals surface area (Å²) in [6.45, 7) is 10.1. The third-order valence-corrected chi connectivity index (χ3v) is 8.22. The van der Waals surface area contributed by atoms with Crippen molar-refractivity contribution in [2.45, 2.75) is 134 Å². The lowest BCUT2D eigenvalue weighted by Gasteiger charge is -2.46. The summed E-state index contributed by atoms with van der Waals surface area (Å²) in [6.07, 6.45) is -3.34. The highest BCUT2D eigenvalue weighted by atomic mass is 16.7. The van der Waals surface area contributed by atoms with Crippen LogP contribution in [0.5, 0.6) is 0 Å². The summed E-state index contributed by atoms with van der Waals surface area (Å²) < 4.78 is 23.6. The van der Waals surface area contributed by atoms with Crippen LogP contribution in [0.1, 0.15) is 66.7 Å². The van der Waals surface area contributed by atoms with Crippen LogP contribution in [0.25, 0.3) is 0 Å². The van der Waals surface area contributed by atoms with Gasteiger partial charge in [-0.1, -0.05) is 39.8 Å². The second-order valence-corrected chi connectivity index (χ2v) is 12.6. The Morgan fingerprint density at radius 3 is 2.49 bits per heavy atom. The summed E-state index contributed by atoms with van der Waals surface area (Å²) in [6, 6.07) is -0.995. The standard InChI is InChI=1S/C29H52N2O10/c1-15(2)8-9-18(40-28-26(35)24(30)25(34)17(5)39-28)11-22-23(27(36)31-14-19-7-6-10-38-19)21(33)13-29(37,41-22)12-20(32)16(3)4/h8-9,15-26,28,32-35,37H,6-7,10-14,30H2,1-5H3,(H,31,36)/b9-8+/t17?,18-,19+,20+,21-,22-,23+,24?,25?,26?,28?,29+/m0/s1. The van der Waals surface area contributed by atoms with Crippen LogP contribution in [0.15, 0.2) is 12.2 Å². The number of ether oxygens (including phenoxy) is 4. The largest absolute Gasteiger partial charge is 0.393 e. The van der Waals surface area contributed by atoms with Gasteiger partial charge in [-0.05, 0) is 31.6 Å². The van der Waals surface area contributed by atoms with Gasteiger partial charge >= 0.3 is 0 Å². The molecule has 0 aromatic heterocycles. The predicted molar refractivity (Wildman–Crippen MR) is 149 cm³/mol. The first-order valence-corrected chi connectivity index (χ1v) is 15.0. The number of rotatable bonds is 12. The Balaban J connectivity index is 1.85. The van der Waals surface area contributed by atoms with E-state index in [1.165, 1.54) is 0 Å². The van der Waals surface area contributed by atoms with E-state index in [0.717, 1.165) is 12.8 Å². The first-order chi connectivity index (χ1) is 19.2. The minimum absolute atomic E-state index is 0.0110. The summed E-state index contributed by atoms with van der Waals surface area (Å²) in [7, 11) is 0. The van der Waals surface area contributed by atoms with Crippen molar-refractivity contribution < 1.29 is 49.3 Å². The zero-order valence-corrected chi connectivity index (χ0v) is 25.0. The SMILES string of the molecule is CC(C)/C=C/[C@@H](C[C@@H]1O[C@](O)(C[C@@H](O)C(C)C)C[C@H](O)[C@H]1C(=O)NC[C@H]1CCCO1)OC1OC(C)C(O)C(N)C1O. The first-order valence-electron chi connectivity index (χ1n) is 15.0. The fourth-order valence-electron chi connectivity index (χ4n) is 5.58. The van der Waals surface area contributed by atoms with Gasteiger partial charge in [0.05, 0.1) is 54.7 Å². The fourth-order valence-corrected chi connectivity index (χ4v) is 5.58. The summed E-state index contributed by atoms with van der Waals surface area (Å²) in [5.74, 6) is -3.40. The Hall–Kier alpha value is -1.19. The molecule has 3 aliphatic rings. The van der Waals surface area contributed by atoms with Gasteiger partial charge in [-0.2, -0.15) is 0 Å². The van der Waals surface area contributed by atoms with Crippen LogP contribution in [0.2, 0.25) is 0 Å². The van der Waals surface area contributed by atoms with Gasteiger partial charge in [0.15, 0.2) is 12.1 Å². The molecule has 5 unspecified atom stereocenters. The van der Waals surface area contributed by atoms with Crippen molar-refractivity contribution in [2.75, 3.05) is 13.2 Å². The molecule has 0 aromatic rings. The molecule has 3 fully saturated rings. The average Bonchev–Trinajstić information content (AvgIpc) is 3.41. The Morgan fingerprint density at radius 1 is 1.17 bits per heavy atom. The molecular weight excluding hydrogens is 536 g/mol. The molecule has 0 radical (unpaired) electrons. The third-order valence-electron chi connectivity index (χ3n) is 8.22. The maximum absolute atomic E-state index is 13.4. The highest BCUT2D eigenvalue weighted by molar-refractivity contribution is 5.80. The van der Waals surface area contributed by atoms with E-state index in [0.29, 0.717) is 13.2 Å². The highest BCUT2D eigenvalue weighted by Crippen LogP contribution is 2.38. The number of carbonyl (C=O) groups excluding carboxylic acids is 1. The van der Waals surface area contributed by atoms with Gasteiger partial charge in [0.1, 0.15) is 6.10 Å². The maximum atomic E-state index is 13.4. The smallest absolute Gasteiger partial charge is 0.228 e. The van der Waals surface area contributed by atoms with Gasteiger partial charge < -0.3 is 55.5 Å². The number of hydrogen-bond donors (Lipinski definition) is 7. The molecule has 41 heavy (non-hydrogen) atoms. The molecule has 12 heteroatoms. The molecule has 1 amide bonds. The molecule has 0 spiro atoms.